The smallest absolute Gasteiger partial charge is 0.362 e. The normalized spacial score (nSPS) is 13.7. The summed E-state index contributed by atoms with van der Waals surface area (Å²) in [6.45, 7) is 4.49. The fourth-order valence-corrected chi connectivity index (χ4v) is 5.98. The van der Waals surface area contributed by atoms with Crippen molar-refractivity contribution in [1.82, 2.24) is 0 Å². The molecule has 0 aliphatic carbocycles. The fourth-order valence-electron chi connectivity index (χ4n) is 5.98. The zero-order chi connectivity index (χ0) is 41.4. The van der Waals surface area contributed by atoms with E-state index < -0.39 is 24.1 Å². The SMILES string of the molecule is CC/C=C\C/C=C\C/C=C\C/C=C\C/C=C\CC(=O)OC(COCCC(C(=O)O)[N+](C)(C)C)COC(=O)CCCCCCCCC/C=C\CCCCCCCC. The van der Waals surface area contributed by atoms with Gasteiger partial charge < -0.3 is 23.8 Å². The van der Waals surface area contributed by atoms with Gasteiger partial charge in [-0.1, -0.05) is 151 Å². The molecule has 56 heavy (non-hydrogen) atoms. The molecule has 0 aromatic heterocycles. The van der Waals surface area contributed by atoms with Gasteiger partial charge in [-0.05, 0) is 64.2 Å². The summed E-state index contributed by atoms with van der Waals surface area (Å²) in [5.41, 5.74) is 0. The van der Waals surface area contributed by atoms with Gasteiger partial charge in [0.1, 0.15) is 6.61 Å². The lowest BCUT2D eigenvalue weighted by Crippen LogP contribution is -2.50. The van der Waals surface area contributed by atoms with Gasteiger partial charge in [-0.25, -0.2) is 4.79 Å². The quantitative estimate of drug-likeness (QED) is 0.0288. The Morgan fingerprint density at radius 2 is 1.05 bits per heavy atom. The molecule has 0 heterocycles. The number of ether oxygens (including phenoxy) is 3. The molecule has 320 valence electrons. The number of quaternary nitrogens is 1. The first-order chi connectivity index (χ1) is 27.1. The molecule has 0 amide bonds. The van der Waals surface area contributed by atoms with Crippen molar-refractivity contribution >= 4 is 17.9 Å². The average molecular weight is 785 g/mol. The van der Waals surface area contributed by atoms with Crippen LogP contribution in [0.15, 0.2) is 72.9 Å². The molecule has 0 bridgehead atoms. The highest BCUT2D eigenvalue weighted by atomic mass is 16.6. The summed E-state index contributed by atoms with van der Waals surface area (Å²) >= 11 is 0. The van der Waals surface area contributed by atoms with E-state index in [9.17, 15) is 19.5 Å². The van der Waals surface area contributed by atoms with Crippen LogP contribution in [0.2, 0.25) is 0 Å². The highest BCUT2D eigenvalue weighted by Gasteiger charge is 2.31. The first-order valence-corrected chi connectivity index (χ1v) is 22.0. The van der Waals surface area contributed by atoms with Crippen molar-refractivity contribution in [3.63, 3.8) is 0 Å². The Hall–Kier alpha value is -3.23. The molecule has 0 aliphatic rings. The van der Waals surface area contributed by atoms with Gasteiger partial charge >= 0.3 is 17.9 Å². The minimum absolute atomic E-state index is 0.0169. The van der Waals surface area contributed by atoms with Crippen LogP contribution in [-0.2, 0) is 28.6 Å². The van der Waals surface area contributed by atoms with Gasteiger partial charge in [-0.2, -0.15) is 0 Å². The Morgan fingerprint density at radius 3 is 1.55 bits per heavy atom. The summed E-state index contributed by atoms with van der Waals surface area (Å²) in [7, 11) is 5.49. The van der Waals surface area contributed by atoms with Gasteiger partial charge in [0.25, 0.3) is 0 Å². The molecule has 2 atom stereocenters. The number of rotatable bonds is 38. The van der Waals surface area contributed by atoms with E-state index in [0.29, 0.717) is 19.3 Å². The summed E-state index contributed by atoms with van der Waals surface area (Å²) < 4.78 is 17.1. The molecule has 1 N–H and O–H groups in total. The molecule has 8 heteroatoms. The number of carboxylic acids is 1. The van der Waals surface area contributed by atoms with Gasteiger partial charge in [-0.15, -0.1) is 0 Å². The minimum Gasteiger partial charge on any atom is -0.477 e. The number of allylic oxidation sites excluding steroid dienone is 11. The first kappa shape index (κ1) is 52.8. The largest absolute Gasteiger partial charge is 0.477 e. The maximum Gasteiger partial charge on any atom is 0.362 e. The van der Waals surface area contributed by atoms with E-state index in [2.05, 4.69) is 74.6 Å². The molecule has 8 nitrogen and oxygen atoms in total. The van der Waals surface area contributed by atoms with Crippen molar-refractivity contribution in [3.8, 4) is 0 Å². The number of nitrogens with zero attached hydrogens (tertiary/aromatic N) is 1. The van der Waals surface area contributed by atoms with Gasteiger partial charge in [-0.3, -0.25) is 9.59 Å². The topological polar surface area (TPSA) is 99.1 Å². The molecule has 0 fully saturated rings. The van der Waals surface area contributed by atoms with Crippen molar-refractivity contribution in [3.05, 3.63) is 72.9 Å². The second kappa shape index (κ2) is 38.6. The number of carboxylic acid groups (broad SMARTS) is 1. The molecule has 0 saturated carbocycles. The van der Waals surface area contributed by atoms with Crippen LogP contribution in [0.1, 0.15) is 162 Å². The van der Waals surface area contributed by atoms with E-state index in [1.54, 1.807) is 6.08 Å². The summed E-state index contributed by atoms with van der Waals surface area (Å²) in [5, 5.41) is 9.61. The third-order valence-electron chi connectivity index (χ3n) is 9.37. The van der Waals surface area contributed by atoms with Crippen molar-refractivity contribution in [2.45, 2.75) is 174 Å². The average Bonchev–Trinajstić information content (AvgIpc) is 3.15. The predicted octanol–water partition coefficient (Wildman–Crippen LogP) is 12.0. The monoisotopic (exact) mass is 785 g/mol. The van der Waals surface area contributed by atoms with E-state index in [1.807, 2.05) is 27.2 Å². The maximum atomic E-state index is 12.7. The standard InChI is InChI=1S/C48H81NO7/c1-6-8-10-12-14-16-18-20-22-23-25-26-28-30-32-34-36-38-46(50)55-43-44(42-54-41-40-45(48(52)53)49(3,4)5)56-47(51)39-37-35-33-31-29-27-24-21-19-17-15-13-11-9-7-2/h9,11,15,17,20-22,24,29,31,35,37,44-45H,6-8,10,12-14,16,18-19,23,25-28,30,32-34,36,38-43H2,1-5H3/p+1/b11-9-,17-15-,22-20-,24-21-,31-29-,37-35-. The van der Waals surface area contributed by atoms with Crippen LogP contribution in [-0.4, -0.2) is 80.6 Å². The second-order valence-corrected chi connectivity index (χ2v) is 15.6. The summed E-state index contributed by atoms with van der Waals surface area (Å²) in [6, 6.07) is -0.633. The van der Waals surface area contributed by atoms with Crippen molar-refractivity contribution in [2.75, 3.05) is 41.0 Å². The van der Waals surface area contributed by atoms with E-state index in [-0.39, 0.29) is 36.7 Å². The Balaban J connectivity index is 4.47. The molecule has 2 unspecified atom stereocenters. The first-order valence-electron chi connectivity index (χ1n) is 22.0. The zero-order valence-electron chi connectivity index (χ0n) is 36.3. The third-order valence-corrected chi connectivity index (χ3v) is 9.37. The zero-order valence-corrected chi connectivity index (χ0v) is 36.3. The number of aliphatic carboxylic acids is 1. The Morgan fingerprint density at radius 1 is 0.571 bits per heavy atom. The maximum absolute atomic E-state index is 12.7. The number of esters is 2. The van der Waals surface area contributed by atoms with Crippen LogP contribution < -0.4 is 0 Å². The Bertz CT molecular complexity index is 1140. The van der Waals surface area contributed by atoms with E-state index in [1.165, 1.54) is 77.0 Å². The third kappa shape index (κ3) is 36.4. The predicted molar refractivity (Wildman–Crippen MR) is 233 cm³/mol. The van der Waals surface area contributed by atoms with Crippen LogP contribution in [0.5, 0.6) is 0 Å². The van der Waals surface area contributed by atoms with Crippen molar-refractivity contribution < 1.29 is 38.2 Å². The van der Waals surface area contributed by atoms with Crippen molar-refractivity contribution in [2.24, 2.45) is 0 Å². The van der Waals surface area contributed by atoms with Crippen molar-refractivity contribution in [1.29, 1.82) is 0 Å². The number of likely N-dealkylation sites (N-methyl/N-ethyl adjacent to an activating group) is 1. The summed E-state index contributed by atoms with van der Waals surface area (Å²) in [6.07, 6.45) is 48.3. The van der Waals surface area contributed by atoms with Gasteiger partial charge in [0, 0.05) is 12.8 Å². The molecule has 0 spiro atoms. The molecule has 0 radical (unpaired) electrons. The van der Waals surface area contributed by atoms with Crippen LogP contribution in [0.4, 0.5) is 0 Å². The summed E-state index contributed by atoms with van der Waals surface area (Å²) in [4.78, 5) is 36.9. The molecular formula is C48H82NO7+. The lowest BCUT2D eigenvalue weighted by Gasteiger charge is -2.31. The minimum atomic E-state index is -0.892. The molecule has 0 aliphatic heterocycles. The fraction of sp³-hybridized carbons (Fsp3) is 0.688. The second-order valence-electron chi connectivity index (χ2n) is 15.6. The van der Waals surface area contributed by atoms with Gasteiger partial charge in [0.15, 0.2) is 12.1 Å². The Labute approximate surface area is 342 Å². The summed E-state index contributed by atoms with van der Waals surface area (Å²) in [5.74, 6) is -1.64. The number of hydrogen-bond acceptors (Lipinski definition) is 6. The van der Waals surface area contributed by atoms with Crippen LogP contribution in [0.25, 0.3) is 0 Å². The molecule has 0 aromatic carbocycles. The number of carbonyl (C=O) groups excluding carboxylic acids is 2. The number of hydrogen-bond donors (Lipinski definition) is 1. The molecular weight excluding hydrogens is 703 g/mol. The lowest BCUT2D eigenvalue weighted by molar-refractivity contribution is -0.887. The lowest BCUT2D eigenvalue weighted by atomic mass is 10.1. The van der Waals surface area contributed by atoms with Crippen LogP contribution in [0, 0.1) is 0 Å². The number of unbranched alkanes of at least 4 members (excludes halogenated alkanes) is 13. The van der Waals surface area contributed by atoms with Gasteiger partial charge in [0.05, 0.1) is 40.8 Å². The van der Waals surface area contributed by atoms with E-state index >= 15 is 0 Å². The molecule has 0 aromatic rings. The van der Waals surface area contributed by atoms with Crippen LogP contribution >= 0.6 is 0 Å². The molecule has 0 rings (SSSR count). The van der Waals surface area contributed by atoms with Gasteiger partial charge in [0.2, 0.25) is 0 Å². The van der Waals surface area contributed by atoms with Crippen LogP contribution in [0.3, 0.4) is 0 Å². The number of carbonyl (C=O) groups is 3. The molecule has 0 saturated heterocycles. The highest BCUT2D eigenvalue weighted by Crippen LogP contribution is 2.13. The highest BCUT2D eigenvalue weighted by molar-refractivity contribution is 5.72. The van der Waals surface area contributed by atoms with E-state index in [0.717, 1.165) is 44.9 Å². The van der Waals surface area contributed by atoms with E-state index in [4.69, 9.17) is 14.2 Å². The Kier molecular flexibility index (Phi) is 36.4.